The molecule has 1 aliphatic rings. The van der Waals surface area contributed by atoms with Crippen LogP contribution in [0.15, 0.2) is 17.7 Å². The number of ether oxygens (including phenoxy) is 1. The zero-order chi connectivity index (χ0) is 14.4. The highest BCUT2D eigenvalue weighted by atomic mass is 19.4. The number of benzene rings is 1. The molecule has 0 spiro atoms. The largest absolute Gasteiger partial charge is 0.478 e. The van der Waals surface area contributed by atoms with Crippen molar-refractivity contribution in [1.82, 2.24) is 0 Å². The lowest BCUT2D eigenvalue weighted by Gasteiger charge is -2.28. The van der Waals surface area contributed by atoms with Crippen molar-refractivity contribution in [3.8, 4) is 5.75 Å². The number of carbonyl (C=O) groups is 1. The fraction of sp³-hybridized carbons (Fsp3) is 0.250. The molecular formula is C12H10BF3O3. The predicted octanol–water partition coefficient (Wildman–Crippen LogP) is 1.04. The van der Waals surface area contributed by atoms with E-state index in [1.165, 1.54) is 0 Å². The number of rotatable bonds is 1. The molecule has 1 heterocycles. The zero-order valence-electron chi connectivity index (χ0n) is 10.2. The van der Waals surface area contributed by atoms with Crippen molar-refractivity contribution in [3.63, 3.8) is 0 Å². The molecule has 1 aromatic carbocycles. The van der Waals surface area contributed by atoms with Gasteiger partial charge >= 0.3 is 12.1 Å². The van der Waals surface area contributed by atoms with Crippen LogP contribution in [0.1, 0.15) is 11.1 Å². The zero-order valence-corrected chi connectivity index (χ0v) is 10.2. The first-order valence-electron chi connectivity index (χ1n) is 5.49. The second-order valence-corrected chi connectivity index (χ2v) is 4.44. The van der Waals surface area contributed by atoms with Crippen LogP contribution < -0.4 is 10.2 Å². The third-order valence-corrected chi connectivity index (χ3v) is 2.82. The fourth-order valence-electron chi connectivity index (χ4n) is 2.10. The van der Waals surface area contributed by atoms with Crippen LogP contribution in [0.25, 0.3) is 6.08 Å². The fourth-order valence-corrected chi connectivity index (χ4v) is 2.10. The maximum Gasteiger partial charge on any atom is 0.430 e. The monoisotopic (exact) mass is 270 g/mol. The third-order valence-electron chi connectivity index (χ3n) is 2.82. The molecule has 19 heavy (non-hydrogen) atoms. The molecule has 1 atom stereocenters. The second-order valence-electron chi connectivity index (χ2n) is 4.44. The Balaban J connectivity index is 2.61. The summed E-state index contributed by atoms with van der Waals surface area (Å²) in [4.78, 5) is 10.9. The van der Waals surface area contributed by atoms with E-state index in [4.69, 9.17) is 9.84 Å². The van der Waals surface area contributed by atoms with Crippen molar-refractivity contribution in [1.29, 1.82) is 0 Å². The van der Waals surface area contributed by atoms with E-state index in [2.05, 4.69) is 0 Å². The van der Waals surface area contributed by atoms with Gasteiger partial charge in [0.25, 0.3) is 0 Å². The molecule has 1 aliphatic heterocycles. The minimum absolute atomic E-state index is 0.0814. The Kier molecular flexibility index (Phi) is 3.08. The lowest BCUT2D eigenvalue weighted by atomic mass is 9.88. The number of carboxylic acids is 1. The number of halogens is 3. The molecule has 7 heteroatoms. The van der Waals surface area contributed by atoms with E-state index in [1.54, 1.807) is 26.9 Å². The quantitative estimate of drug-likeness (QED) is 0.776. The molecule has 1 unspecified atom stereocenters. The summed E-state index contributed by atoms with van der Waals surface area (Å²) >= 11 is 0. The van der Waals surface area contributed by atoms with Crippen LogP contribution in [-0.4, -0.2) is 31.2 Å². The molecule has 0 aromatic heterocycles. The van der Waals surface area contributed by atoms with E-state index in [9.17, 15) is 18.0 Å². The summed E-state index contributed by atoms with van der Waals surface area (Å²) in [6.07, 6.45) is -6.17. The maximum atomic E-state index is 12.8. The molecule has 0 saturated heterocycles. The molecule has 100 valence electrons. The summed E-state index contributed by atoms with van der Waals surface area (Å²) < 4.78 is 43.4. The average Bonchev–Trinajstić information content (AvgIpc) is 2.25. The standard InChI is InChI=1S/C12H10BF3O3/c1-5-2-6-4-7(11(17)18)10(12(14,15)16)19-9(6)8(13)3-5/h2-4,10H,13H2,1H3,(H,17,18). The van der Waals surface area contributed by atoms with Crippen molar-refractivity contribution in [2.75, 3.05) is 0 Å². The highest BCUT2D eigenvalue weighted by molar-refractivity contribution is 6.34. The number of fused-ring (bicyclic) bond motifs is 1. The second kappa shape index (κ2) is 4.33. The van der Waals surface area contributed by atoms with Gasteiger partial charge in [0.2, 0.25) is 6.10 Å². The summed E-state index contributed by atoms with van der Waals surface area (Å²) in [6.45, 7) is 1.78. The van der Waals surface area contributed by atoms with Gasteiger partial charge in [-0.3, -0.25) is 0 Å². The summed E-state index contributed by atoms with van der Waals surface area (Å²) in [5.41, 5.74) is 0.927. The van der Waals surface area contributed by atoms with Crippen molar-refractivity contribution >= 4 is 25.4 Å². The van der Waals surface area contributed by atoms with Gasteiger partial charge in [0.05, 0.1) is 5.57 Å². The number of hydrogen-bond donors (Lipinski definition) is 1. The average molecular weight is 270 g/mol. The van der Waals surface area contributed by atoms with Crippen LogP contribution in [0.3, 0.4) is 0 Å². The number of hydrogen-bond acceptors (Lipinski definition) is 2. The van der Waals surface area contributed by atoms with Crippen molar-refractivity contribution in [2.45, 2.75) is 19.2 Å². The first-order chi connectivity index (χ1) is 8.70. The summed E-state index contributed by atoms with van der Waals surface area (Å²) in [6, 6.07) is 3.28. The van der Waals surface area contributed by atoms with Crippen LogP contribution in [0.4, 0.5) is 13.2 Å². The molecule has 0 radical (unpaired) electrons. The van der Waals surface area contributed by atoms with E-state index in [0.29, 0.717) is 11.0 Å². The van der Waals surface area contributed by atoms with Crippen LogP contribution in [0.2, 0.25) is 0 Å². The van der Waals surface area contributed by atoms with Gasteiger partial charge in [0, 0.05) is 5.56 Å². The van der Waals surface area contributed by atoms with Gasteiger partial charge in [-0.1, -0.05) is 11.6 Å². The summed E-state index contributed by atoms with van der Waals surface area (Å²) in [5.74, 6) is -1.55. The van der Waals surface area contributed by atoms with E-state index < -0.39 is 23.8 Å². The SMILES string of the molecule is Bc1cc(C)cc2c1OC(C(F)(F)F)C(C(=O)O)=C2. The van der Waals surface area contributed by atoms with Crippen LogP contribution in [-0.2, 0) is 4.79 Å². The van der Waals surface area contributed by atoms with E-state index >= 15 is 0 Å². The molecule has 2 rings (SSSR count). The number of alkyl halides is 3. The Hall–Kier alpha value is -1.92. The first kappa shape index (κ1) is 13.5. The van der Waals surface area contributed by atoms with Crippen molar-refractivity contribution in [2.24, 2.45) is 0 Å². The number of carboxylic acid groups (broad SMARTS) is 1. The Morgan fingerprint density at radius 3 is 2.58 bits per heavy atom. The Labute approximate surface area is 108 Å². The summed E-state index contributed by atoms with van der Waals surface area (Å²) in [7, 11) is 1.62. The molecule has 3 nitrogen and oxygen atoms in total. The maximum absolute atomic E-state index is 12.8. The molecule has 0 saturated carbocycles. The highest BCUT2D eigenvalue weighted by Gasteiger charge is 2.48. The van der Waals surface area contributed by atoms with Gasteiger partial charge in [0.1, 0.15) is 13.6 Å². The normalized spacial score (nSPS) is 18.3. The van der Waals surface area contributed by atoms with E-state index in [1.807, 2.05) is 0 Å². The molecular weight excluding hydrogens is 260 g/mol. The van der Waals surface area contributed by atoms with Crippen molar-refractivity contribution < 1.29 is 27.8 Å². The molecule has 0 bridgehead atoms. The Morgan fingerprint density at radius 2 is 2.05 bits per heavy atom. The van der Waals surface area contributed by atoms with E-state index in [0.717, 1.165) is 11.6 Å². The Morgan fingerprint density at radius 1 is 1.42 bits per heavy atom. The molecule has 1 N–H and O–H groups in total. The Bertz CT molecular complexity index is 578. The highest BCUT2D eigenvalue weighted by Crippen LogP contribution is 2.36. The topological polar surface area (TPSA) is 46.5 Å². The first-order valence-corrected chi connectivity index (χ1v) is 5.49. The van der Waals surface area contributed by atoms with Gasteiger partial charge in [-0.15, -0.1) is 0 Å². The lowest BCUT2D eigenvalue weighted by Crippen LogP contribution is -2.41. The van der Waals surface area contributed by atoms with Gasteiger partial charge in [-0.05, 0) is 24.5 Å². The van der Waals surface area contributed by atoms with Crippen LogP contribution in [0.5, 0.6) is 5.75 Å². The minimum Gasteiger partial charge on any atom is -0.478 e. The molecule has 0 fully saturated rings. The molecule has 1 aromatic rings. The third kappa shape index (κ3) is 2.45. The van der Waals surface area contributed by atoms with Crippen LogP contribution in [0, 0.1) is 6.92 Å². The number of aliphatic carboxylic acids is 1. The van der Waals surface area contributed by atoms with Gasteiger partial charge in [-0.25, -0.2) is 4.79 Å². The lowest BCUT2D eigenvalue weighted by molar-refractivity contribution is -0.186. The minimum atomic E-state index is -4.76. The number of aryl methyl sites for hydroxylation is 1. The predicted molar refractivity (Wildman–Crippen MR) is 65.4 cm³/mol. The summed E-state index contributed by atoms with van der Waals surface area (Å²) in [5, 5.41) is 8.89. The van der Waals surface area contributed by atoms with Gasteiger partial charge in [-0.2, -0.15) is 13.2 Å². The molecule has 0 aliphatic carbocycles. The molecule has 0 amide bonds. The van der Waals surface area contributed by atoms with E-state index in [-0.39, 0.29) is 5.75 Å². The van der Waals surface area contributed by atoms with Gasteiger partial charge in [0.15, 0.2) is 0 Å². The van der Waals surface area contributed by atoms with Gasteiger partial charge < -0.3 is 9.84 Å². The van der Waals surface area contributed by atoms with Crippen LogP contribution >= 0.6 is 0 Å². The smallest absolute Gasteiger partial charge is 0.430 e. The van der Waals surface area contributed by atoms with Crippen molar-refractivity contribution in [3.05, 3.63) is 28.8 Å².